The largest absolute Gasteiger partial charge is 0.472 e. The summed E-state index contributed by atoms with van der Waals surface area (Å²) in [6, 6.07) is 2.74. The number of aromatic amines is 1. The van der Waals surface area contributed by atoms with Gasteiger partial charge >= 0.3 is 5.97 Å². The third-order valence-corrected chi connectivity index (χ3v) is 1.10. The van der Waals surface area contributed by atoms with Crippen LogP contribution >= 0.6 is 0 Å². The van der Waals surface area contributed by atoms with Crippen molar-refractivity contribution < 1.29 is 9.90 Å². The van der Waals surface area contributed by atoms with Crippen molar-refractivity contribution in [3.63, 3.8) is 0 Å². The normalized spacial score (nSPS) is 8.33. The number of rotatable bonds is 0. The summed E-state index contributed by atoms with van der Waals surface area (Å²) in [5, 5.41) is 8.18. The highest BCUT2D eigenvalue weighted by Crippen LogP contribution is 1.87. The lowest BCUT2D eigenvalue weighted by Crippen LogP contribution is -2.01. The summed E-state index contributed by atoms with van der Waals surface area (Å²) in [6.07, 6.45) is 1.36. The summed E-state index contributed by atoms with van der Waals surface area (Å²) in [5.41, 5.74) is 0.230. The first kappa shape index (κ1) is 8.08. The molecule has 2 N–H and O–H groups in total. The molecule has 4 nitrogen and oxygen atoms in total. The molecule has 0 amide bonds. The number of H-pyrrole nitrogens is 1. The van der Waals surface area contributed by atoms with Crippen LogP contribution in [0.25, 0.3) is 0 Å². The Morgan fingerprint density at radius 2 is 2.25 bits per heavy atom. The van der Waals surface area contributed by atoms with Crippen LogP contribution in [0.15, 0.2) is 23.1 Å². The molecule has 1 rings (SSSR count). The molecule has 0 radical (unpaired) electrons. The first-order valence-electron chi connectivity index (χ1n) is 3.12. The van der Waals surface area contributed by atoms with Gasteiger partial charge in [0, 0.05) is 23.7 Å². The van der Waals surface area contributed by atoms with E-state index in [4.69, 9.17) is 5.11 Å². The fraction of sp³-hybridized carbons (Fsp3) is 0. The number of carbonyl (C=O) groups is 1. The number of carboxylic acid groups (broad SMARTS) is 1. The monoisotopic (exact) mass is 163 g/mol. The van der Waals surface area contributed by atoms with Gasteiger partial charge < -0.3 is 10.1 Å². The van der Waals surface area contributed by atoms with Crippen LogP contribution in [0.4, 0.5) is 0 Å². The first-order valence-corrected chi connectivity index (χ1v) is 3.12. The minimum atomic E-state index is -1.19. The Kier molecular flexibility index (Phi) is 2.29. The molecule has 1 aromatic heterocycles. The van der Waals surface area contributed by atoms with Crippen molar-refractivity contribution in [2.24, 2.45) is 0 Å². The molecule has 1 aromatic rings. The Hall–Kier alpha value is -2.02. The van der Waals surface area contributed by atoms with E-state index in [0.29, 0.717) is 5.56 Å². The van der Waals surface area contributed by atoms with Crippen molar-refractivity contribution in [1.82, 2.24) is 4.98 Å². The number of pyridine rings is 1. The number of aromatic nitrogens is 1. The molecule has 1 heterocycles. The Bertz CT molecular complexity index is 388. The number of aliphatic carboxylic acids is 1. The van der Waals surface area contributed by atoms with Crippen LogP contribution in [0.2, 0.25) is 0 Å². The summed E-state index contributed by atoms with van der Waals surface area (Å²) in [6.45, 7) is 0. The lowest BCUT2D eigenvalue weighted by atomic mass is 10.3. The molecular weight excluding hydrogens is 158 g/mol. The molecule has 0 aromatic carbocycles. The zero-order valence-electron chi connectivity index (χ0n) is 6.00. The fourth-order valence-corrected chi connectivity index (χ4v) is 0.614. The Morgan fingerprint density at radius 3 is 2.75 bits per heavy atom. The molecule has 0 saturated heterocycles. The van der Waals surface area contributed by atoms with E-state index in [2.05, 4.69) is 10.9 Å². The summed E-state index contributed by atoms with van der Waals surface area (Å²) in [7, 11) is 0. The summed E-state index contributed by atoms with van der Waals surface area (Å²) in [4.78, 5) is 22.9. The molecule has 0 fully saturated rings. The van der Waals surface area contributed by atoms with E-state index in [-0.39, 0.29) is 5.56 Å². The van der Waals surface area contributed by atoms with Crippen LogP contribution in [0, 0.1) is 11.8 Å². The van der Waals surface area contributed by atoms with Gasteiger partial charge in [-0.15, -0.1) is 0 Å². The van der Waals surface area contributed by atoms with Crippen molar-refractivity contribution >= 4 is 5.97 Å². The number of nitrogens with one attached hydrogen (secondary N) is 1. The van der Waals surface area contributed by atoms with Crippen LogP contribution in [-0.4, -0.2) is 16.1 Å². The average Bonchev–Trinajstić information content (AvgIpc) is 2.03. The molecule has 0 aliphatic heterocycles. The number of carboxylic acids is 1. The molecule has 0 spiro atoms. The van der Waals surface area contributed by atoms with E-state index in [1.165, 1.54) is 18.3 Å². The Labute approximate surface area is 67.9 Å². The van der Waals surface area contributed by atoms with Crippen molar-refractivity contribution in [3.8, 4) is 11.8 Å². The molecule has 0 unspecified atom stereocenters. The standard InChI is InChI=1S/C8H5NO3/c10-7-3-1-6(5-9-7)2-4-8(11)12/h1,3,5H,(H,9,10)(H,11,12). The van der Waals surface area contributed by atoms with Gasteiger partial charge in [-0.2, -0.15) is 0 Å². The first-order chi connectivity index (χ1) is 5.68. The molecular formula is C8H5NO3. The predicted octanol–water partition coefficient (Wildman–Crippen LogP) is -0.189. The molecule has 0 aliphatic carbocycles. The topological polar surface area (TPSA) is 70.2 Å². The van der Waals surface area contributed by atoms with E-state index in [1.807, 2.05) is 5.92 Å². The van der Waals surface area contributed by atoms with Gasteiger partial charge in [-0.3, -0.25) is 4.79 Å². The zero-order valence-corrected chi connectivity index (χ0v) is 6.00. The van der Waals surface area contributed by atoms with Crippen molar-refractivity contribution in [2.45, 2.75) is 0 Å². The summed E-state index contributed by atoms with van der Waals surface area (Å²) < 4.78 is 0. The van der Waals surface area contributed by atoms with E-state index in [1.54, 1.807) is 0 Å². The molecule has 4 heteroatoms. The van der Waals surface area contributed by atoms with Crippen LogP contribution in [0.3, 0.4) is 0 Å². The van der Waals surface area contributed by atoms with Gasteiger partial charge in [0.2, 0.25) is 5.56 Å². The lowest BCUT2D eigenvalue weighted by Gasteiger charge is -1.84. The highest BCUT2D eigenvalue weighted by Gasteiger charge is 1.87. The third-order valence-electron chi connectivity index (χ3n) is 1.10. The van der Waals surface area contributed by atoms with E-state index >= 15 is 0 Å². The fourth-order valence-electron chi connectivity index (χ4n) is 0.614. The Morgan fingerprint density at radius 1 is 1.50 bits per heavy atom. The minimum Gasteiger partial charge on any atom is -0.472 e. The van der Waals surface area contributed by atoms with E-state index < -0.39 is 5.97 Å². The smallest absolute Gasteiger partial charge is 0.382 e. The second kappa shape index (κ2) is 3.39. The minimum absolute atomic E-state index is 0.240. The summed E-state index contributed by atoms with van der Waals surface area (Å²) in [5.74, 6) is 3.08. The molecule has 0 aliphatic rings. The van der Waals surface area contributed by atoms with Gasteiger partial charge in [0.1, 0.15) is 0 Å². The molecule has 12 heavy (non-hydrogen) atoms. The van der Waals surface area contributed by atoms with Crippen LogP contribution in [0.1, 0.15) is 5.56 Å². The average molecular weight is 163 g/mol. The van der Waals surface area contributed by atoms with Gasteiger partial charge in [0.25, 0.3) is 0 Å². The lowest BCUT2D eigenvalue weighted by molar-refractivity contribution is -0.130. The molecule has 0 saturated carbocycles. The third kappa shape index (κ3) is 2.31. The maximum absolute atomic E-state index is 10.5. The molecule has 60 valence electrons. The van der Waals surface area contributed by atoms with Gasteiger partial charge in [-0.25, -0.2) is 4.79 Å². The number of hydrogen-bond acceptors (Lipinski definition) is 2. The predicted molar refractivity (Wildman–Crippen MR) is 41.6 cm³/mol. The second-order valence-electron chi connectivity index (χ2n) is 2.00. The maximum atomic E-state index is 10.5. The zero-order chi connectivity index (χ0) is 8.97. The highest BCUT2D eigenvalue weighted by atomic mass is 16.4. The maximum Gasteiger partial charge on any atom is 0.382 e. The summed E-state index contributed by atoms with van der Waals surface area (Å²) >= 11 is 0. The quantitative estimate of drug-likeness (QED) is 0.521. The van der Waals surface area contributed by atoms with E-state index in [9.17, 15) is 9.59 Å². The second-order valence-corrected chi connectivity index (χ2v) is 2.00. The highest BCUT2D eigenvalue weighted by molar-refractivity contribution is 5.87. The molecule has 0 bridgehead atoms. The van der Waals surface area contributed by atoms with Crippen molar-refractivity contribution in [1.29, 1.82) is 0 Å². The van der Waals surface area contributed by atoms with Gasteiger partial charge in [-0.05, 0) is 6.07 Å². The van der Waals surface area contributed by atoms with Crippen molar-refractivity contribution in [3.05, 3.63) is 34.2 Å². The Balaban J connectivity index is 2.94. The van der Waals surface area contributed by atoms with Gasteiger partial charge in [0.05, 0.1) is 0 Å². The van der Waals surface area contributed by atoms with Crippen LogP contribution in [0.5, 0.6) is 0 Å². The number of hydrogen-bond donors (Lipinski definition) is 2. The van der Waals surface area contributed by atoms with Gasteiger partial charge in [-0.1, -0.05) is 5.92 Å². The SMILES string of the molecule is O=C(O)C#Cc1ccc(=O)[nH]c1. The van der Waals surface area contributed by atoms with Crippen molar-refractivity contribution in [2.75, 3.05) is 0 Å². The molecule has 0 atom stereocenters. The van der Waals surface area contributed by atoms with Crippen LogP contribution < -0.4 is 5.56 Å². The van der Waals surface area contributed by atoms with Gasteiger partial charge in [0.15, 0.2) is 0 Å². The van der Waals surface area contributed by atoms with Crippen LogP contribution in [-0.2, 0) is 4.79 Å². The van der Waals surface area contributed by atoms with E-state index in [0.717, 1.165) is 0 Å².